The van der Waals surface area contributed by atoms with Gasteiger partial charge in [-0.05, 0) is 48.9 Å². The van der Waals surface area contributed by atoms with Crippen LogP contribution in [-0.2, 0) is 4.79 Å². The molecule has 0 radical (unpaired) electrons. The van der Waals surface area contributed by atoms with E-state index in [9.17, 15) is 10.1 Å². The minimum atomic E-state index is -0.0391. The van der Waals surface area contributed by atoms with Gasteiger partial charge in [-0.3, -0.25) is 10.1 Å². The molecule has 1 N–H and O–H groups in total. The van der Waals surface area contributed by atoms with Crippen molar-refractivity contribution in [2.24, 2.45) is 0 Å². The molecule has 1 aliphatic rings. The molecule has 1 amide bonds. The number of hydrogen-bond donors (Lipinski definition) is 1. The Balaban J connectivity index is 1.59. The minimum Gasteiger partial charge on any atom is -0.307 e. The molecule has 3 aromatic rings. The van der Waals surface area contributed by atoms with Crippen molar-refractivity contribution in [3.63, 3.8) is 0 Å². The lowest BCUT2D eigenvalue weighted by atomic mass is 9.92. The van der Waals surface area contributed by atoms with Crippen LogP contribution in [0.25, 0.3) is 11.0 Å². The van der Waals surface area contributed by atoms with Gasteiger partial charge >= 0.3 is 0 Å². The van der Waals surface area contributed by atoms with E-state index in [1.54, 1.807) is 6.07 Å². The van der Waals surface area contributed by atoms with Crippen molar-refractivity contribution >= 4 is 22.9 Å². The summed E-state index contributed by atoms with van der Waals surface area (Å²) in [5, 5.41) is 12.2. The van der Waals surface area contributed by atoms with E-state index in [2.05, 4.69) is 27.9 Å². The fourth-order valence-corrected chi connectivity index (χ4v) is 3.62. The molecule has 0 spiro atoms. The number of anilines is 1. The number of rotatable bonds is 5. The molecular weight excluding hydrogens is 336 g/mol. The largest absolute Gasteiger partial charge is 0.307 e. The Morgan fingerprint density at radius 1 is 1.30 bits per heavy atom. The van der Waals surface area contributed by atoms with Crippen LogP contribution in [0.4, 0.5) is 5.95 Å². The molecular formula is C22H22N4O. The van der Waals surface area contributed by atoms with Crippen molar-refractivity contribution in [2.45, 2.75) is 44.6 Å². The monoisotopic (exact) mass is 358 g/mol. The van der Waals surface area contributed by atoms with Crippen molar-refractivity contribution in [1.29, 1.82) is 5.26 Å². The van der Waals surface area contributed by atoms with Gasteiger partial charge in [0.15, 0.2) is 0 Å². The molecule has 27 heavy (non-hydrogen) atoms. The highest BCUT2D eigenvalue weighted by molar-refractivity contribution is 5.92. The van der Waals surface area contributed by atoms with Crippen LogP contribution in [0.1, 0.15) is 55.7 Å². The summed E-state index contributed by atoms with van der Waals surface area (Å²) in [5.41, 5.74) is 3.50. The molecule has 1 aliphatic carbocycles. The van der Waals surface area contributed by atoms with E-state index in [4.69, 9.17) is 0 Å². The maximum atomic E-state index is 12.7. The maximum absolute atomic E-state index is 12.7. The van der Waals surface area contributed by atoms with Crippen LogP contribution in [0.3, 0.4) is 0 Å². The Bertz CT molecular complexity index is 1010. The summed E-state index contributed by atoms with van der Waals surface area (Å²) in [5.74, 6) is 0.690. The Morgan fingerprint density at radius 2 is 2.07 bits per heavy atom. The first-order valence-electron chi connectivity index (χ1n) is 9.42. The molecule has 1 fully saturated rings. The molecule has 5 nitrogen and oxygen atoms in total. The predicted molar refractivity (Wildman–Crippen MR) is 105 cm³/mol. The molecule has 1 atom stereocenters. The van der Waals surface area contributed by atoms with Crippen molar-refractivity contribution in [3.05, 3.63) is 59.7 Å². The Hall–Kier alpha value is -3.13. The first-order valence-corrected chi connectivity index (χ1v) is 9.42. The molecule has 1 aromatic heterocycles. The number of carbonyl (C=O) groups is 1. The summed E-state index contributed by atoms with van der Waals surface area (Å²) in [4.78, 5) is 17.3. The average Bonchev–Trinajstić information content (AvgIpc) is 2.98. The molecule has 136 valence electrons. The van der Waals surface area contributed by atoms with Gasteiger partial charge in [-0.25, -0.2) is 4.98 Å². The minimum absolute atomic E-state index is 0.0391. The van der Waals surface area contributed by atoms with E-state index in [1.165, 1.54) is 6.42 Å². The van der Waals surface area contributed by atoms with E-state index in [1.807, 2.05) is 42.5 Å². The third-order valence-corrected chi connectivity index (χ3v) is 5.37. The average molecular weight is 358 g/mol. The molecule has 5 heteroatoms. The van der Waals surface area contributed by atoms with E-state index in [-0.39, 0.29) is 11.8 Å². The number of nitriles is 1. The van der Waals surface area contributed by atoms with E-state index in [0.717, 1.165) is 29.4 Å². The predicted octanol–water partition coefficient (Wildman–Crippen LogP) is 4.77. The topological polar surface area (TPSA) is 70.7 Å². The number of nitrogens with zero attached hydrogens (tertiary/aromatic N) is 3. The summed E-state index contributed by atoms with van der Waals surface area (Å²) in [6, 6.07) is 18.1. The number of amides is 1. The first kappa shape index (κ1) is 17.3. The van der Waals surface area contributed by atoms with Gasteiger partial charge in [0.1, 0.15) is 0 Å². The SMILES string of the molecule is CC(CC(=O)Nc1nc2ccc(C#N)cc2n1C1CCC1)c1ccccc1. The highest BCUT2D eigenvalue weighted by Crippen LogP contribution is 2.37. The van der Waals surface area contributed by atoms with E-state index in [0.29, 0.717) is 24.0 Å². The van der Waals surface area contributed by atoms with Gasteiger partial charge in [-0.15, -0.1) is 0 Å². The zero-order valence-corrected chi connectivity index (χ0v) is 15.4. The number of imidazole rings is 1. The second-order valence-electron chi connectivity index (χ2n) is 7.27. The second-order valence-corrected chi connectivity index (χ2v) is 7.27. The van der Waals surface area contributed by atoms with Crippen LogP contribution in [-0.4, -0.2) is 15.5 Å². The van der Waals surface area contributed by atoms with Crippen LogP contribution in [0.15, 0.2) is 48.5 Å². The summed E-state index contributed by atoms with van der Waals surface area (Å²) >= 11 is 0. The number of carbonyl (C=O) groups excluding carboxylic acids is 1. The third-order valence-electron chi connectivity index (χ3n) is 5.37. The number of benzene rings is 2. The Morgan fingerprint density at radius 3 is 2.74 bits per heavy atom. The van der Waals surface area contributed by atoms with E-state index >= 15 is 0 Å². The van der Waals surface area contributed by atoms with Crippen LogP contribution in [0.5, 0.6) is 0 Å². The summed E-state index contributed by atoms with van der Waals surface area (Å²) < 4.78 is 2.10. The normalized spacial score (nSPS) is 15.1. The molecule has 0 bridgehead atoms. The Kier molecular flexibility index (Phi) is 4.64. The summed E-state index contributed by atoms with van der Waals surface area (Å²) in [6.45, 7) is 2.06. The quantitative estimate of drug-likeness (QED) is 0.714. The molecule has 1 heterocycles. The van der Waals surface area contributed by atoms with Gasteiger partial charge in [-0.2, -0.15) is 5.26 Å². The van der Waals surface area contributed by atoms with Crippen molar-refractivity contribution in [2.75, 3.05) is 5.32 Å². The van der Waals surface area contributed by atoms with Crippen LogP contribution in [0.2, 0.25) is 0 Å². The highest BCUT2D eigenvalue weighted by atomic mass is 16.1. The Labute approximate surface area is 158 Å². The van der Waals surface area contributed by atoms with Gasteiger partial charge < -0.3 is 4.57 Å². The lowest BCUT2D eigenvalue weighted by Gasteiger charge is -2.29. The smallest absolute Gasteiger partial charge is 0.227 e. The first-order chi connectivity index (χ1) is 13.2. The molecule has 1 unspecified atom stereocenters. The molecule has 2 aromatic carbocycles. The highest BCUT2D eigenvalue weighted by Gasteiger charge is 2.26. The lowest BCUT2D eigenvalue weighted by molar-refractivity contribution is -0.116. The molecule has 4 rings (SSSR count). The van der Waals surface area contributed by atoms with Crippen molar-refractivity contribution in [3.8, 4) is 6.07 Å². The van der Waals surface area contributed by atoms with E-state index < -0.39 is 0 Å². The number of aromatic nitrogens is 2. The fraction of sp³-hybridized carbons (Fsp3) is 0.318. The van der Waals surface area contributed by atoms with Gasteiger partial charge in [-0.1, -0.05) is 37.3 Å². The van der Waals surface area contributed by atoms with Crippen LogP contribution >= 0.6 is 0 Å². The zero-order chi connectivity index (χ0) is 18.8. The van der Waals surface area contributed by atoms with Crippen LogP contribution in [0, 0.1) is 11.3 Å². The van der Waals surface area contributed by atoms with Crippen molar-refractivity contribution < 1.29 is 4.79 Å². The third kappa shape index (κ3) is 3.43. The molecule has 0 aliphatic heterocycles. The van der Waals surface area contributed by atoms with Gasteiger partial charge in [0.05, 0.1) is 22.7 Å². The summed E-state index contributed by atoms with van der Waals surface area (Å²) in [6.07, 6.45) is 3.74. The summed E-state index contributed by atoms with van der Waals surface area (Å²) in [7, 11) is 0. The maximum Gasteiger partial charge on any atom is 0.227 e. The van der Waals surface area contributed by atoms with Gasteiger partial charge in [0, 0.05) is 12.5 Å². The van der Waals surface area contributed by atoms with Crippen LogP contribution < -0.4 is 5.32 Å². The number of hydrogen-bond acceptors (Lipinski definition) is 3. The second kappa shape index (κ2) is 7.24. The fourth-order valence-electron chi connectivity index (χ4n) is 3.62. The zero-order valence-electron chi connectivity index (χ0n) is 15.4. The standard InChI is InChI=1S/C22H22N4O/c1-15(17-6-3-2-4-7-17)12-21(27)25-22-24-19-11-10-16(14-23)13-20(19)26(22)18-8-5-9-18/h2-4,6-7,10-11,13,15,18H,5,8-9,12H2,1H3,(H,24,25,27). The van der Waals surface area contributed by atoms with Crippen molar-refractivity contribution in [1.82, 2.24) is 9.55 Å². The molecule has 1 saturated carbocycles. The number of nitrogens with one attached hydrogen (secondary N) is 1. The van der Waals surface area contributed by atoms with Gasteiger partial charge in [0.2, 0.25) is 11.9 Å². The number of fused-ring (bicyclic) bond motifs is 1. The molecule has 0 saturated heterocycles. The lowest BCUT2D eigenvalue weighted by Crippen LogP contribution is -2.22. The van der Waals surface area contributed by atoms with Gasteiger partial charge in [0.25, 0.3) is 0 Å².